The monoisotopic (exact) mass is 930 g/mol. The van der Waals surface area contributed by atoms with E-state index < -0.39 is 5.41 Å². The smallest absolute Gasteiger partial charge is 0.137 e. The van der Waals surface area contributed by atoms with Gasteiger partial charge in [0.15, 0.2) is 0 Å². The summed E-state index contributed by atoms with van der Waals surface area (Å²) in [6.07, 6.45) is 0. The van der Waals surface area contributed by atoms with Crippen LogP contribution in [-0.2, 0) is 10.8 Å². The second kappa shape index (κ2) is 14.7. The van der Waals surface area contributed by atoms with Crippen molar-refractivity contribution >= 4 is 60.8 Å². The molecule has 11 aromatic carbocycles. The molecule has 342 valence electrons. The third kappa shape index (κ3) is 5.33. The molecule has 0 radical (unpaired) electrons. The predicted molar refractivity (Wildman–Crippen MR) is 302 cm³/mol. The van der Waals surface area contributed by atoms with E-state index >= 15 is 0 Å². The number of para-hydroxylation sites is 2. The summed E-state index contributed by atoms with van der Waals surface area (Å²) in [6.45, 7) is 4.76. The first kappa shape index (κ1) is 40.5. The third-order valence-electron chi connectivity index (χ3n) is 16.8. The first-order chi connectivity index (χ1) is 36.0. The molecule has 0 saturated heterocycles. The maximum absolute atomic E-state index is 6.91. The highest BCUT2D eigenvalue weighted by atomic mass is 16.3. The van der Waals surface area contributed by atoms with E-state index in [0.717, 1.165) is 55.8 Å². The minimum atomic E-state index is -0.486. The predicted octanol–water partition coefficient (Wildman–Crippen LogP) is 18.5. The van der Waals surface area contributed by atoms with Crippen molar-refractivity contribution < 1.29 is 4.42 Å². The van der Waals surface area contributed by atoms with Crippen LogP contribution in [0.25, 0.3) is 93.9 Å². The van der Waals surface area contributed by atoms with Crippen molar-refractivity contribution in [2.75, 3.05) is 4.90 Å². The summed E-state index contributed by atoms with van der Waals surface area (Å²) in [6, 6.07) is 90.2. The van der Waals surface area contributed by atoms with Gasteiger partial charge in [0, 0.05) is 38.5 Å². The van der Waals surface area contributed by atoms with Crippen LogP contribution in [0.1, 0.15) is 47.2 Å². The average Bonchev–Trinajstić information content (AvgIpc) is 4.29. The number of hydrogen-bond donors (Lipinski definition) is 0. The van der Waals surface area contributed by atoms with Gasteiger partial charge in [-0.15, -0.1) is 0 Å². The number of benzene rings is 11. The molecule has 0 unspecified atom stereocenters. The molecule has 13 aromatic rings. The summed E-state index contributed by atoms with van der Waals surface area (Å²) in [5, 5.41) is 4.63. The van der Waals surface area contributed by atoms with Gasteiger partial charge in [-0.1, -0.05) is 184 Å². The van der Waals surface area contributed by atoms with Gasteiger partial charge < -0.3 is 13.9 Å². The molecule has 3 heteroatoms. The molecule has 73 heavy (non-hydrogen) atoms. The molecule has 3 nitrogen and oxygen atoms in total. The second-order valence-corrected chi connectivity index (χ2v) is 20.7. The van der Waals surface area contributed by atoms with E-state index in [1.54, 1.807) is 0 Å². The summed E-state index contributed by atoms with van der Waals surface area (Å²) in [5.74, 6) is 0. The Bertz CT molecular complexity index is 4440. The number of rotatable bonds is 5. The van der Waals surface area contributed by atoms with Crippen molar-refractivity contribution in [1.82, 2.24) is 4.57 Å². The molecule has 1 spiro atoms. The van der Waals surface area contributed by atoms with Crippen molar-refractivity contribution in [2.45, 2.75) is 24.7 Å². The molecular formula is C70H46N2O. The molecule has 16 rings (SSSR count). The van der Waals surface area contributed by atoms with E-state index in [9.17, 15) is 0 Å². The van der Waals surface area contributed by atoms with Gasteiger partial charge in [-0.05, 0) is 145 Å². The Kier molecular flexibility index (Phi) is 8.16. The van der Waals surface area contributed by atoms with E-state index in [1.807, 2.05) is 0 Å². The van der Waals surface area contributed by atoms with Crippen molar-refractivity contribution in [1.29, 1.82) is 0 Å². The van der Waals surface area contributed by atoms with Crippen LogP contribution in [0.15, 0.2) is 247 Å². The van der Waals surface area contributed by atoms with Crippen LogP contribution in [0, 0.1) is 0 Å². The molecule has 2 heterocycles. The molecule has 3 aliphatic rings. The zero-order valence-electron chi connectivity index (χ0n) is 40.4. The number of fused-ring (bicyclic) bond motifs is 19. The van der Waals surface area contributed by atoms with Gasteiger partial charge in [0.2, 0.25) is 0 Å². The normalized spacial score (nSPS) is 14.1. The number of aromatic nitrogens is 1. The SMILES string of the molecule is CC1(C)c2ccccc2-c2ccc(N(c3cccc4c3-c3ccccc3C43c4ccccc4-c4ccccc43)c3cccc4oc5ccc(-c6ccc7c(c6)c6ccccc6n7-c6ccccc6)cc5c34)cc21. The second-order valence-electron chi connectivity index (χ2n) is 20.7. The minimum absolute atomic E-state index is 0.197. The van der Waals surface area contributed by atoms with Gasteiger partial charge in [0.05, 0.1) is 33.2 Å². The van der Waals surface area contributed by atoms with Crippen LogP contribution >= 0.6 is 0 Å². The lowest BCUT2D eigenvalue weighted by Crippen LogP contribution is -2.26. The molecule has 0 amide bonds. The number of furan rings is 1. The zero-order chi connectivity index (χ0) is 48.2. The van der Waals surface area contributed by atoms with Crippen molar-refractivity contribution in [2.24, 2.45) is 0 Å². The first-order valence-corrected chi connectivity index (χ1v) is 25.5. The Hall–Kier alpha value is -9.18. The Labute approximate surface area is 423 Å². The van der Waals surface area contributed by atoms with Gasteiger partial charge in [-0.3, -0.25) is 0 Å². The van der Waals surface area contributed by atoms with Crippen molar-refractivity contribution in [3.05, 3.63) is 276 Å². The highest BCUT2D eigenvalue weighted by molar-refractivity contribution is 6.16. The van der Waals surface area contributed by atoms with Crippen molar-refractivity contribution in [3.63, 3.8) is 0 Å². The standard InChI is InChI=1S/C70H46N2O/c1-69(2)55-25-11-6-20-47(55)50-37-36-46(42-60(50)69)72(63-31-16-29-59-67(63)52-24-9-14-28-58(52)70(59)56-26-12-7-21-48(56)49-22-8-13-27-57(49)70)64-32-17-33-66-68(64)54-41-44(35-39-65(54)73-66)43-34-38-62-53(40-43)51-23-10-15-30-61(51)71(62)45-18-4-3-5-19-45/h3-42H,1-2H3. The van der Waals surface area contributed by atoms with Crippen molar-refractivity contribution in [3.8, 4) is 50.2 Å². The molecule has 3 aliphatic carbocycles. The van der Waals surface area contributed by atoms with Gasteiger partial charge in [-0.25, -0.2) is 0 Å². The Morgan fingerprint density at radius 3 is 1.70 bits per heavy atom. The van der Waals surface area contributed by atoms with E-state index in [1.165, 1.54) is 88.6 Å². The third-order valence-corrected chi connectivity index (χ3v) is 16.8. The number of anilines is 3. The van der Waals surface area contributed by atoms with Crippen LogP contribution in [-0.4, -0.2) is 4.57 Å². The molecule has 2 aromatic heterocycles. The summed E-state index contributed by atoms with van der Waals surface area (Å²) < 4.78 is 9.29. The van der Waals surface area contributed by atoms with Crippen LogP contribution < -0.4 is 4.90 Å². The van der Waals surface area contributed by atoms with Gasteiger partial charge in [0.1, 0.15) is 11.2 Å². The molecule has 0 aliphatic heterocycles. The zero-order valence-corrected chi connectivity index (χ0v) is 40.4. The quantitative estimate of drug-likeness (QED) is 0.171. The Morgan fingerprint density at radius 2 is 0.932 bits per heavy atom. The summed E-state index contributed by atoms with van der Waals surface area (Å²) in [5.41, 5.74) is 25.9. The van der Waals surface area contributed by atoms with Gasteiger partial charge in [-0.2, -0.15) is 0 Å². The molecule has 0 atom stereocenters. The number of nitrogens with zero attached hydrogens (tertiary/aromatic N) is 2. The molecule has 0 saturated carbocycles. The summed E-state index contributed by atoms with van der Waals surface area (Å²) in [4.78, 5) is 2.55. The van der Waals surface area contributed by atoms with Crippen LogP contribution in [0.4, 0.5) is 17.1 Å². The fraction of sp³-hybridized carbons (Fsp3) is 0.0571. The lowest BCUT2D eigenvalue weighted by Gasteiger charge is -2.32. The maximum Gasteiger partial charge on any atom is 0.137 e. The van der Waals surface area contributed by atoms with E-state index in [2.05, 4.69) is 266 Å². The lowest BCUT2D eigenvalue weighted by molar-refractivity contribution is 0.660. The van der Waals surface area contributed by atoms with Crippen LogP contribution in [0.2, 0.25) is 0 Å². The maximum atomic E-state index is 6.91. The fourth-order valence-corrected chi connectivity index (χ4v) is 13.7. The molecule has 0 N–H and O–H groups in total. The lowest BCUT2D eigenvalue weighted by atomic mass is 9.70. The Morgan fingerprint density at radius 1 is 0.370 bits per heavy atom. The minimum Gasteiger partial charge on any atom is -0.456 e. The van der Waals surface area contributed by atoms with E-state index in [4.69, 9.17) is 4.42 Å². The average molecular weight is 931 g/mol. The summed E-state index contributed by atoms with van der Waals surface area (Å²) >= 11 is 0. The van der Waals surface area contributed by atoms with Gasteiger partial charge >= 0.3 is 0 Å². The Balaban J connectivity index is 0.953. The number of hydrogen-bond acceptors (Lipinski definition) is 2. The van der Waals surface area contributed by atoms with E-state index in [0.29, 0.717) is 0 Å². The topological polar surface area (TPSA) is 21.3 Å². The summed E-state index contributed by atoms with van der Waals surface area (Å²) in [7, 11) is 0. The molecule has 0 fully saturated rings. The van der Waals surface area contributed by atoms with Crippen LogP contribution in [0.5, 0.6) is 0 Å². The molecule has 0 bridgehead atoms. The fourth-order valence-electron chi connectivity index (χ4n) is 13.7. The largest absolute Gasteiger partial charge is 0.456 e. The van der Waals surface area contributed by atoms with E-state index in [-0.39, 0.29) is 5.41 Å². The molecular weight excluding hydrogens is 885 g/mol. The highest BCUT2D eigenvalue weighted by Gasteiger charge is 2.52. The highest BCUT2D eigenvalue weighted by Crippen LogP contribution is 2.65. The van der Waals surface area contributed by atoms with Crippen LogP contribution in [0.3, 0.4) is 0 Å². The van der Waals surface area contributed by atoms with Gasteiger partial charge in [0.25, 0.3) is 0 Å². The first-order valence-electron chi connectivity index (χ1n) is 25.5.